The summed E-state index contributed by atoms with van der Waals surface area (Å²) >= 11 is 0. The first-order chi connectivity index (χ1) is 13.5. The van der Waals surface area contributed by atoms with Gasteiger partial charge in [-0.1, -0.05) is 18.2 Å². The number of carbonyl (C=O) groups excluding carboxylic acids is 1. The molecular weight excluding hydrogens is 356 g/mol. The Hall–Kier alpha value is -3.02. The predicted octanol–water partition coefficient (Wildman–Crippen LogP) is 3.87. The normalized spacial score (nSPS) is 14.6. The van der Waals surface area contributed by atoms with Gasteiger partial charge in [0, 0.05) is 23.9 Å². The number of carbonyl (C=O) groups is 1. The zero-order chi connectivity index (χ0) is 19.8. The Bertz CT molecular complexity index is 1130. The molecular formula is C22H24N2O4. The smallest absolute Gasteiger partial charge is 0.339 e. The predicted molar refractivity (Wildman–Crippen MR) is 110 cm³/mol. The number of hydrogen-bond donors (Lipinski definition) is 1. The summed E-state index contributed by atoms with van der Waals surface area (Å²) in [7, 11) is 0. The van der Waals surface area contributed by atoms with Crippen molar-refractivity contribution in [1.29, 1.82) is 0 Å². The Labute approximate surface area is 162 Å². The highest BCUT2D eigenvalue weighted by atomic mass is 16.5. The van der Waals surface area contributed by atoms with Gasteiger partial charge in [-0.2, -0.15) is 0 Å². The van der Waals surface area contributed by atoms with Crippen LogP contribution >= 0.6 is 0 Å². The van der Waals surface area contributed by atoms with Crippen molar-refractivity contribution in [3.8, 4) is 0 Å². The van der Waals surface area contributed by atoms with Crippen molar-refractivity contribution < 1.29 is 14.7 Å². The summed E-state index contributed by atoms with van der Waals surface area (Å²) in [5, 5.41) is 12.1. The largest absolute Gasteiger partial charge is 0.462 e. The third kappa shape index (κ3) is 2.80. The third-order valence-electron chi connectivity index (χ3n) is 5.49. The molecule has 4 rings (SSSR count). The Morgan fingerprint density at radius 1 is 1.14 bits per heavy atom. The summed E-state index contributed by atoms with van der Waals surface area (Å²) in [6.07, 6.45) is 3.28. The van der Waals surface area contributed by atoms with Crippen molar-refractivity contribution in [3.05, 3.63) is 51.8 Å². The van der Waals surface area contributed by atoms with E-state index in [9.17, 15) is 14.8 Å². The maximum atomic E-state index is 13.2. The second kappa shape index (κ2) is 7.19. The number of ether oxygens (including phenoxy) is 1. The van der Waals surface area contributed by atoms with E-state index in [2.05, 4.69) is 4.90 Å². The molecule has 3 aromatic rings. The molecule has 0 bridgehead atoms. The number of anilines is 1. The van der Waals surface area contributed by atoms with E-state index in [4.69, 9.17) is 4.74 Å². The van der Waals surface area contributed by atoms with Crippen LogP contribution in [-0.2, 0) is 4.74 Å². The molecule has 146 valence electrons. The molecule has 1 fully saturated rings. The molecule has 0 aliphatic carbocycles. The molecule has 0 saturated carbocycles. The van der Waals surface area contributed by atoms with Crippen LogP contribution in [0.15, 0.2) is 35.1 Å². The highest BCUT2D eigenvalue weighted by Gasteiger charge is 2.25. The molecule has 0 unspecified atom stereocenters. The molecule has 1 aromatic heterocycles. The molecule has 28 heavy (non-hydrogen) atoms. The van der Waals surface area contributed by atoms with E-state index in [1.54, 1.807) is 19.1 Å². The van der Waals surface area contributed by atoms with Crippen LogP contribution in [0.4, 0.5) is 5.69 Å². The summed E-state index contributed by atoms with van der Waals surface area (Å²) < 4.78 is 5.99. The number of fused-ring (bicyclic) bond motifs is 3. The molecule has 2 heterocycles. The van der Waals surface area contributed by atoms with Gasteiger partial charge in [0.15, 0.2) is 0 Å². The quantitative estimate of drug-likeness (QED) is 0.424. The topological polar surface area (TPSA) is 71.8 Å². The number of esters is 1. The Balaban J connectivity index is 2.18. The van der Waals surface area contributed by atoms with Gasteiger partial charge in [-0.15, -0.1) is 4.73 Å². The van der Waals surface area contributed by atoms with Crippen molar-refractivity contribution in [3.63, 3.8) is 0 Å². The van der Waals surface area contributed by atoms with Crippen LogP contribution in [0.5, 0.6) is 0 Å². The number of hydrogen-bond acceptors (Lipinski definition) is 5. The molecule has 2 aromatic carbocycles. The lowest BCUT2D eigenvalue weighted by molar-refractivity contribution is 0.0528. The summed E-state index contributed by atoms with van der Waals surface area (Å²) in [5.74, 6) is -0.449. The number of nitrogens with zero attached hydrogens (tertiary/aromatic N) is 2. The van der Waals surface area contributed by atoms with Crippen molar-refractivity contribution >= 4 is 33.3 Å². The third-order valence-corrected chi connectivity index (χ3v) is 5.49. The van der Waals surface area contributed by atoms with Gasteiger partial charge in [0.1, 0.15) is 0 Å². The molecule has 0 amide bonds. The maximum absolute atomic E-state index is 13.2. The van der Waals surface area contributed by atoms with Gasteiger partial charge in [-0.05, 0) is 50.8 Å². The minimum Gasteiger partial charge on any atom is -0.462 e. The van der Waals surface area contributed by atoms with Crippen molar-refractivity contribution in [2.45, 2.75) is 33.1 Å². The Kier molecular flexibility index (Phi) is 4.71. The standard InChI is InChI=1S/C22H24N2O4/c1-3-28-22(26)18-14(2)13-17(23-11-7-4-8-12-23)20-19(18)15-9-5-6-10-16(15)24(27)21(20)25/h5-6,9-10,13,27H,3-4,7-8,11-12H2,1-2H3. The number of para-hydroxylation sites is 1. The van der Waals surface area contributed by atoms with Gasteiger partial charge in [0.2, 0.25) is 0 Å². The molecule has 1 aliphatic heterocycles. The van der Waals surface area contributed by atoms with Crippen LogP contribution in [-0.4, -0.2) is 35.6 Å². The van der Waals surface area contributed by atoms with Gasteiger partial charge in [-0.25, -0.2) is 4.79 Å². The Morgan fingerprint density at radius 3 is 2.57 bits per heavy atom. The van der Waals surface area contributed by atoms with Gasteiger partial charge < -0.3 is 14.8 Å². The average Bonchev–Trinajstić information content (AvgIpc) is 2.72. The summed E-state index contributed by atoms with van der Waals surface area (Å²) in [6, 6.07) is 8.98. The monoisotopic (exact) mass is 380 g/mol. The highest BCUT2D eigenvalue weighted by Crippen LogP contribution is 2.36. The van der Waals surface area contributed by atoms with Gasteiger partial charge in [0.05, 0.1) is 28.8 Å². The summed E-state index contributed by atoms with van der Waals surface area (Å²) in [4.78, 5) is 28.2. The highest BCUT2D eigenvalue weighted by molar-refractivity contribution is 6.19. The number of pyridine rings is 1. The second-order valence-electron chi connectivity index (χ2n) is 7.24. The zero-order valence-electron chi connectivity index (χ0n) is 16.2. The van der Waals surface area contributed by atoms with E-state index >= 15 is 0 Å². The molecule has 6 nitrogen and oxygen atoms in total. The minimum atomic E-state index is -0.514. The van der Waals surface area contributed by atoms with E-state index in [1.165, 1.54) is 6.42 Å². The molecule has 1 saturated heterocycles. The molecule has 0 atom stereocenters. The average molecular weight is 380 g/mol. The zero-order valence-corrected chi connectivity index (χ0v) is 16.2. The van der Waals surface area contributed by atoms with Crippen LogP contribution in [0.2, 0.25) is 0 Å². The molecule has 0 spiro atoms. The molecule has 1 N–H and O–H groups in total. The number of rotatable bonds is 3. The van der Waals surface area contributed by atoms with Crippen LogP contribution in [0, 0.1) is 6.92 Å². The first-order valence-corrected chi connectivity index (χ1v) is 9.77. The van der Waals surface area contributed by atoms with Gasteiger partial charge in [0.25, 0.3) is 5.56 Å². The number of aryl methyl sites for hydroxylation is 1. The first kappa shape index (κ1) is 18.3. The maximum Gasteiger partial charge on any atom is 0.339 e. The van der Waals surface area contributed by atoms with Crippen LogP contribution in [0.3, 0.4) is 0 Å². The van der Waals surface area contributed by atoms with Crippen molar-refractivity contribution in [2.24, 2.45) is 0 Å². The minimum absolute atomic E-state index is 0.253. The van der Waals surface area contributed by atoms with E-state index in [1.807, 2.05) is 25.1 Å². The number of aromatic nitrogens is 1. The number of piperidine rings is 1. The lowest BCUT2D eigenvalue weighted by atomic mass is 9.94. The van der Waals surface area contributed by atoms with Gasteiger partial charge in [-0.3, -0.25) is 4.79 Å². The fraction of sp³-hybridized carbons (Fsp3) is 0.364. The first-order valence-electron chi connectivity index (χ1n) is 9.77. The molecule has 6 heteroatoms. The fourth-order valence-electron chi connectivity index (χ4n) is 4.22. The lowest BCUT2D eigenvalue weighted by Gasteiger charge is -2.30. The van der Waals surface area contributed by atoms with Gasteiger partial charge >= 0.3 is 5.97 Å². The van der Waals surface area contributed by atoms with E-state index in [0.717, 1.165) is 37.2 Å². The second-order valence-corrected chi connectivity index (χ2v) is 7.24. The van der Waals surface area contributed by atoms with E-state index in [-0.39, 0.29) is 6.61 Å². The Morgan fingerprint density at radius 2 is 1.86 bits per heavy atom. The van der Waals surface area contributed by atoms with Crippen LogP contribution < -0.4 is 10.5 Å². The lowest BCUT2D eigenvalue weighted by Crippen LogP contribution is -2.32. The van der Waals surface area contributed by atoms with Crippen molar-refractivity contribution in [2.75, 3.05) is 24.6 Å². The number of benzene rings is 2. The summed E-state index contributed by atoms with van der Waals surface area (Å²) in [6.45, 7) is 5.59. The SMILES string of the molecule is CCOC(=O)c1c(C)cc(N2CCCCC2)c2c(=O)n(O)c3ccccc3c12. The van der Waals surface area contributed by atoms with E-state index < -0.39 is 11.5 Å². The molecule has 0 radical (unpaired) electrons. The molecule has 1 aliphatic rings. The van der Waals surface area contributed by atoms with E-state index in [0.29, 0.717) is 32.0 Å². The van der Waals surface area contributed by atoms with Crippen LogP contribution in [0.25, 0.3) is 21.7 Å². The van der Waals surface area contributed by atoms with Crippen molar-refractivity contribution in [1.82, 2.24) is 4.73 Å². The fourth-order valence-corrected chi connectivity index (χ4v) is 4.22. The van der Waals surface area contributed by atoms with Crippen LogP contribution in [0.1, 0.15) is 42.1 Å². The summed E-state index contributed by atoms with van der Waals surface area (Å²) in [5.41, 5.74) is 1.80.